The van der Waals surface area contributed by atoms with Crippen molar-refractivity contribution >= 4 is 40.9 Å². The molecule has 0 aliphatic carbocycles. The SMILES string of the molecule is CNc1nccnc1NC1(c2c(C)cccc2Cl)NC=C(C(N)=O)S1. The van der Waals surface area contributed by atoms with Gasteiger partial charge in [-0.1, -0.05) is 35.5 Å². The van der Waals surface area contributed by atoms with Gasteiger partial charge in [-0.2, -0.15) is 0 Å². The van der Waals surface area contributed by atoms with Gasteiger partial charge in [-0.15, -0.1) is 0 Å². The van der Waals surface area contributed by atoms with Crippen LogP contribution >= 0.6 is 23.4 Å². The topological polar surface area (TPSA) is 105 Å². The number of aromatic nitrogens is 2. The van der Waals surface area contributed by atoms with Crippen molar-refractivity contribution in [1.82, 2.24) is 15.3 Å². The summed E-state index contributed by atoms with van der Waals surface area (Å²) >= 11 is 7.73. The predicted molar refractivity (Wildman–Crippen MR) is 101 cm³/mol. The number of hydrogen-bond donors (Lipinski definition) is 4. The minimum absolute atomic E-state index is 0.390. The number of benzene rings is 1. The minimum atomic E-state index is -0.936. The molecule has 1 amide bonds. The number of nitrogens with zero attached hydrogens (tertiary/aromatic N) is 2. The summed E-state index contributed by atoms with van der Waals surface area (Å²) in [6.07, 6.45) is 4.75. The molecular weight excluding hydrogens is 360 g/mol. The zero-order valence-corrected chi connectivity index (χ0v) is 15.2. The molecule has 130 valence electrons. The van der Waals surface area contributed by atoms with Crippen LogP contribution in [0.25, 0.3) is 0 Å². The normalized spacial score (nSPS) is 19.1. The molecule has 9 heteroatoms. The number of halogens is 1. The van der Waals surface area contributed by atoms with Gasteiger partial charge in [0.15, 0.2) is 16.6 Å². The van der Waals surface area contributed by atoms with Gasteiger partial charge in [-0.25, -0.2) is 9.97 Å². The quantitative estimate of drug-likeness (QED) is 0.634. The molecule has 7 nitrogen and oxygen atoms in total. The number of amides is 1. The maximum absolute atomic E-state index is 11.7. The fraction of sp³-hybridized carbons (Fsp3) is 0.188. The van der Waals surface area contributed by atoms with Gasteiger partial charge in [0.25, 0.3) is 5.91 Å². The third-order valence-corrected chi connectivity index (χ3v) is 5.30. The number of nitrogens with one attached hydrogen (secondary N) is 3. The number of primary amides is 1. The Morgan fingerprint density at radius 2 is 2.04 bits per heavy atom. The molecule has 25 heavy (non-hydrogen) atoms. The molecule has 2 aromatic rings. The number of thioether (sulfide) groups is 1. The zero-order chi connectivity index (χ0) is 18.0. The van der Waals surface area contributed by atoms with Crippen molar-refractivity contribution < 1.29 is 4.79 Å². The summed E-state index contributed by atoms with van der Waals surface area (Å²) < 4.78 is 0. The number of hydrogen-bond acceptors (Lipinski definition) is 7. The zero-order valence-electron chi connectivity index (χ0n) is 13.6. The van der Waals surface area contributed by atoms with E-state index in [1.165, 1.54) is 11.8 Å². The lowest BCUT2D eigenvalue weighted by molar-refractivity contribution is -0.113. The van der Waals surface area contributed by atoms with Crippen molar-refractivity contribution in [3.63, 3.8) is 0 Å². The van der Waals surface area contributed by atoms with Gasteiger partial charge in [-0.05, 0) is 18.6 Å². The molecule has 2 heterocycles. The Labute approximate surface area is 154 Å². The summed E-state index contributed by atoms with van der Waals surface area (Å²) in [4.78, 5) is 19.7. The fourth-order valence-corrected chi connectivity index (χ4v) is 4.22. The van der Waals surface area contributed by atoms with Gasteiger partial charge in [0.1, 0.15) is 0 Å². The smallest absolute Gasteiger partial charge is 0.256 e. The van der Waals surface area contributed by atoms with E-state index in [1.54, 1.807) is 31.7 Å². The van der Waals surface area contributed by atoms with E-state index in [2.05, 4.69) is 25.9 Å². The second-order valence-corrected chi connectivity index (χ2v) is 7.02. The highest BCUT2D eigenvalue weighted by molar-refractivity contribution is 8.05. The van der Waals surface area contributed by atoms with E-state index in [4.69, 9.17) is 17.3 Å². The second kappa shape index (κ2) is 6.81. The number of carbonyl (C=O) groups excluding carboxylic acids is 1. The minimum Gasteiger partial charge on any atom is -0.370 e. The Balaban J connectivity index is 2.10. The summed E-state index contributed by atoms with van der Waals surface area (Å²) in [5.41, 5.74) is 7.20. The Morgan fingerprint density at radius 3 is 2.64 bits per heavy atom. The highest BCUT2D eigenvalue weighted by atomic mass is 35.5. The highest BCUT2D eigenvalue weighted by Crippen LogP contribution is 2.47. The first-order valence-electron chi connectivity index (χ1n) is 7.46. The van der Waals surface area contributed by atoms with Crippen LogP contribution in [-0.2, 0) is 9.79 Å². The number of carbonyl (C=O) groups is 1. The second-order valence-electron chi connectivity index (χ2n) is 5.36. The van der Waals surface area contributed by atoms with Gasteiger partial charge in [-0.3, -0.25) is 4.79 Å². The summed E-state index contributed by atoms with van der Waals surface area (Å²) in [5.74, 6) is 0.573. The van der Waals surface area contributed by atoms with Gasteiger partial charge in [0.05, 0.1) is 4.91 Å². The molecule has 0 fully saturated rings. The van der Waals surface area contributed by atoms with E-state index in [0.29, 0.717) is 21.6 Å². The van der Waals surface area contributed by atoms with Gasteiger partial charge in [0.2, 0.25) is 0 Å². The molecule has 0 bridgehead atoms. The van der Waals surface area contributed by atoms with Gasteiger partial charge in [0, 0.05) is 36.2 Å². The lowest BCUT2D eigenvalue weighted by atomic mass is 10.1. The van der Waals surface area contributed by atoms with Crippen molar-refractivity contribution in [3.05, 3.63) is 57.8 Å². The van der Waals surface area contributed by atoms with Crippen LogP contribution in [0, 0.1) is 6.92 Å². The standard InChI is InChI=1S/C16H17ClN6OS/c1-9-4-3-5-10(17)12(9)16(22-8-11(25-16)13(18)24)23-15-14(19-2)20-6-7-21-15/h3-8,22H,1-2H3,(H2,18,24)(H,19,20)(H,21,23). The first-order valence-corrected chi connectivity index (χ1v) is 8.65. The lowest BCUT2D eigenvalue weighted by Crippen LogP contribution is -2.42. The Morgan fingerprint density at radius 1 is 1.32 bits per heavy atom. The van der Waals surface area contributed by atoms with E-state index in [1.807, 2.05) is 19.1 Å². The van der Waals surface area contributed by atoms with Crippen LogP contribution < -0.4 is 21.7 Å². The van der Waals surface area contributed by atoms with Crippen molar-refractivity contribution in [2.45, 2.75) is 11.9 Å². The molecule has 0 saturated heterocycles. The Bertz CT molecular complexity index is 838. The van der Waals surface area contributed by atoms with E-state index in [9.17, 15) is 4.79 Å². The predicted octanol–water partition coefficient (Wildman–Crippen LogP) is 2.37. The molecule has 0 spiro atoms. The Kier molecular flexibility index (Phi) is 4.73. The molecule has 1 aliphatic rings. The maximum atomic E-state index is 11.7. The molecule has 1 aliphatic heterocycles. The van der Waals surface area contributed by atoms with Crippen LogP contribution in [0.15, 0.2) is 41.7 Å². The van der Waals surface area contributed by atoms with Crippen molar-refractivity contribution in [2.24, 2.45) is 5.73 Å². The van der Waals surface area contributed by atoms with E-state index < -0.39 is 10.9 Å². The van der Waals surface area contributed by atoms with Crippen LogP contribution in [-0.4, -0.2) is 22.9 Å². The molecule has 1 aromatic carbocycles. The van der Waals surface area contributed by atoms with Crippen LogP contribution in [0.1, 0.15) is 11.1 Å². The third kappa shape index (κ3) is 3.22. The number of anilines is 2. The number of aryl methyl sites for hydroxylation is 1. The summed E-state index contributed by atoms with van der Waals surface area (Å²) in [6, 6.07) is 5.62. The summed E-state index contributed by atoms with van der Waals surface area (Å²) in [5, 5.41) is 10.1. The Hall–Kier alpha value is -2.45. The number of rotatable bonds is 5. The molecule has 1 aromatic heterocycles. The highest BCUT2D eigenvalue weighted by Gasteiger charge is 2.42. The largest absolute Gasteiger partial charge is 0.370 e. The van der Waals surface area contributed by atoms with E-state index in [-0.39, 0.29) is 0 Å². The molecule has 0 saturated carbocycles. The first kappa shape index (κ1) is 17.4. The third-order valence-electron chi connectivity index (χ3n) is 3.72. The van der Waals surface area contributed by atoms with Crippen LogP contribution in [0.5, 0.6) is 0 Å². The van der Waals surface area contributed by atoms with Crippen LogP contribution in [0.2, 0.25) is 5.02 Å². The van der Waals surface area contributed by atoms with Crippen molar-refractivity contribution in [3.8, 4) is 0 Å². The molecule has 1 unspecified atom stereocenters. The maximum Gasteiger partial charge on any atom is 0.256 e. The lowest BCUT2D eigenvalue weighted by Gasteiger charge is -2.33. The fourth-order valence-electron chi connectivity index (χ4n) is 2.62. The molecular formula is C16H17ClN6OS. The van der Waals surface area contributed by atoms with Gasteiger partial charge >= 0.3 is 0 Å². The molecule has 5 N–H and O–H groups in total. The monoisotopic (exact) mass is 376 g/mol. The van der Waals surface area contributed by atoms with Crippen LogP contribution in [0.4, 0.5) is 11.6 Å². The van der Waals surface area contributed by atoms with Crippen LogP contribution in [0.3, 0.4) is 0 Å². The summed E-state index contributed by atoms with van der Waals surface area (Å²) in [6.45, 7) is 1.95. The molecule has 0 radical (unpaired) electrons. The average Bonchev–Trinajstić information content (AvgIpc) is 3.00. The van der Waals surface area contributed by atoms with E-state index >= 15 is 0 Å². The first-order chi connectivity index (χ1) is 12.0. The molecule has 3 rings (SSSR count). The van der Waals surface area contributed by atoms with E-state index in [0.717, 1.165) is 11.1 Å². The van der Waals surface area contributed by atoms with Crippen molar-refractivity contribution in [1.29, 1.82) is 0 Å². The average molecular weight is 377 g/mol. The van der Waals surface area contributed by atoms with Gasteiger partial charge < -0.3 is 21.7 Å². The number of nitrogens with two attached hydrogens (primary N) is 1. The molecule has 1 atom stereocenters. The summed E-state index contributed by atoms with van der Waals surface area (Å²) in [7, 11) is 1.75. The van der Waals surface area contributed by atoms with Crippen molar-refractivity contribution in [2.75, 3.05) is 17.7 Å².